The molecule has 4 fully saturated rings. The lowest BCUT2D eigenvalue weighted by molar-refractivity contribution is -0.445. The predicted molar refractivity (Wildman–Crippen MR) is 106 cm³/mol. The summed E-state index contributed by atoms with van der Waals surface area (Å²) in [7, 11) is 3.41. The Balaban J connectivity index is 1.28. The van der Waals surface area contributed by atoms with Crippen molar-refractivity contribution in [3.63, 3.8) is 0 Å². The van der Waals surface area contributed by atoms with Gasteiger partial charge < -0.3 is 29.2 Å². The second kappa shape index (κ2) is 6.97. The van der Waals surface area contributed by atoms with E-state index in [1.54, 1.807) is 14.2 Å². The number of aromatic nitrogens is 1. The predicted octanol–water partition coefficient (Wildman–Crippen LogP) is 2.95. The van der Waals surface area contributed by atoms with Crippen molar-refractivity contribution in [3.05, 3.63) is 48.2 Å². The van der Waals surface area contributed by atoms with E-state index in [4.69, 9.17) is 18.9 Å². The monoisotopic (exact) mass is 384 g/mol. The SMILES string of the molecule is C=C1[C@H]2O[C@@H](OC)[C@H]3[C@H]1C[C@@H](NCCc1c[nH]c4ccccc14)C[C@]3(OC)O2. The number of benzene rings is 1. The molecule has 6 nitrogen and oxygen atoms in total. The van der Waals surface area contributed by atoms with Gasteiger partial charge in [0.05, 0.1) is 5.92 Å². The molecular formula is C22H28N2O4. The summed E-state index contributed by atoms with van der Waals surface area (Å²) in [6.45, 7) is 5.15. The molecule has 0 spiro atoms. The van der Waals surface area contributed by atoms with Gasteiger partial charge in [-0.05, 0) is 42.5 Å². The molecule has 4 aliphatic rings. The van der Waals surface area contributed by atoms with Gasteiger partial charge in [0.15, 0.2) is 18.4 Å². The molecule has 1 saturated carbocycles. The lowest BCUT2D eigenvalue weighted by Crippen LogP contribution is -2.69. The molecule has 0 radical (unpaired) electrons. The van der Waals surface area contributed by atoms with E-state index in [1.807, 2.05) is 0 Å². The van der Waals surface area contributed by atoms with Crippen LogP contribution in [-0.2, 0) is 25.4 Å². The van der Waals surface area contributed by atoms with Gasteiger partial charge in [-0.3, -0.25) is 0 Å². The minimum Gasteiger partial charge on any atom is -0.361 e. The lowest BCUT2D eigenvalue weighted by Gasteiger charge is -2.61. The van der Waals surface area contributed by atoms with Crippen molar-refractivity contribution in [2.45, 2.75) is 43.7 Å². The van der Waals surface area contributed by atoms with Gasteiger partial charge in [-0.15, -0.1) is 0 Å². The zero-order valence-corrected chi connectivity index (χ0v) is 16.4. The molecule has 4 heterocycles. The van der Waals surface area contributed by atoms with Crippen LogP contribution in [0.3, 0.4) is 0 Å². The van der Waals surface area contributed by atoms with Crippen LogP contribution < -0.4 is 5.32 Å². The first-order valence-corrected chi connectivity index (χ1v) is 10.0. The van der Waals surface area contributed by atoms with Crippen LogP contribution in [0.1, 0.15) is 18.4 Å². The van der Waals surface area contributed by atoms with Crippen molar-refractivity contribution in [2.24, 2.45) is 11.8 Å². The molecule has 0 amide bonds. The Hall–Kier alpha value is -1.70. The third-order valence-corrected chi connectivity index (χ3v) is 6.73. The van der Waals surface area contributed by atoms with Crippen LogP contribution in [0.15, 0.2) is 42.6 Å². The number of nitrogens with one attached hydrogen (secondary N) is 2. The molecule has 6 rings (SSSR count). The number of ether oxygens (including phenoxy) is 4. The van der Waals surface area contributed by atoms with Crippen LogP contribution in [-0.4, -0.2) is 50.2 Å². The number of H-pyrrole nitrogens is 1. The number of para-hydroxylation sites is 1. The van der Waals surface area contributed by atoms with Gasteiger partial charge in [0, 0.05) is 43.8 Å². The maximum absolute atomic E-state index is 6.21. The fraction of sp³-hybridized carbons (Fsp3) is 0.545. The minimum absolute atomic E-state index is 0.0201. The van der Waals surface area contributed by atoms with Crippen molar-refractivity contribution in [2.75, 3.05) is 20.8 Å². The molecule has 1 aromatic carbocycles. The molecule has 3 aliphatic heterocycles. The quantitative estimate of drug-likeness (QED) is 0.750. The van der Waals surface area contributed by atoms with E-state index < -0.39 is 12.1 Å². The second-order valence-electron chi connectivity index (χ2n) is 8.11. The number of hydrogen-bond donors (Lipinski definition) is 2. The van der Waals surface area contributed by atoms with Gasteiger partial charge >= 0.3 is 0 Å². The van der Waals surface area contributed by atoms with Gasteiger partial charge in [-0.25, -0.2) is 0 Å². The molecule has 3 saturated heterocycles. The first kappa shape index (κ1) is 18.3. The fourth-order valence-corrected chi connectivity index (χ4v) is 5.36. The van der Waals surface area contributed by atoms with E-state index >= 15 is 0 Å². The van der Waals surface area contributed by atoms with Crippen molar-refractivity contribution in [1.82, 2.24) is 10.3 Å². The van der Waals surface area contributed by atoms with Gasteiger partial charge in [-0.2, -0.15) is 0 Å². The maximum atomic E-state index is 6.21. The Morgan fingerprint density at radius 3 is 3.00 bits per heavy atom. The normalized spacial score (nSPS) is 36.9. The van der Waals surface area contributed by atoms with E-state index in [9.17, 15) is 0 Å². The van der Waals surface area contributed by atoms with Crippen LogP contribution in [0.5, 0.6) is 0 Å². The van der Waals surface area contributed by atoms with Crippen molar-refractivity contribution in [3.8, 4) is 0 Å². The molecule has 2 aromatic rings. The number of methoxy groups -OCH3 is 2. The van der Waals surface area contributed by atoms with Gasteiger partial charge in [0.1, 0.15) is 0 Å². The molecule has 4 bridgehead atoms. The van der Waals surface area contributed by atoms with Crippen molar-refractivity contribution in [1.29, 1.82) is 0 Å². The average Bonchev–Trinajstić information content (AvgIpc) is 3.14. The topological polar surface area (TPSA) is 64.7 Å². The zero-order chi connectivity index (χ0) is 19.3. The third kappa shape index (κ3) is 2.75. The van der Waals surface area contributed by atoms with Crippen LogP contribution in [0.25, 0.3) is 10.9 Å². The van der Waals surface area contributed by atoms with E-state index in [-0.39, 0.29) is 18.1 Å². The Kier molecular flexibility index (Phi) is 4.56. The largest absolute Gasteiger partial charge is 0.361 e. The molecule has 1 aliphatic carbocycles. The van der Waals surface area contributed by atoms with E-state index in [2.05, 4.69) is 47.3 Å². The fourth-order valence-electron chi connectivity index (χ4n) is 5.36. The van der Waals surface area contributed by atoms with Crippen LogP contribution in [0, 0.1) is 11.8 Å². The summed E-state index contributed by atoms with van der Waals surface area (Å²) in [5, 5.41) is 5.03. The summed E-state index contributed by atoms with van der Waals surface area (Å²) in [6.07, 6.45) is 4.14. The summed E-state index contributed by atoms with van der Waals surface area (Å²) in [6, 6.07) is 8.74. The highest BCUT2D eigenvalue weighted by Gasteiger charge is 2.64. The standard InChI is InChI=1S/C22H28N2O4/c1-13-17-10-15(11-22(26-3)19(17)21(25-2)27-20(13)28-22)23-9-8-14-12-24-18-7-5-4-6-16(14)18/h4-7,12,15,17,19-21,23-24H,1,8-11H2,2-3H3/t15-,17+,19-,20+,21-,22+/m1/s1. The number of fused-ring (bicyclic) bond motifs is 2. The highest BCUT2D eigenvalue weighted by molar-refractivity contribution is 5.83. The summed E-state index contributed by atoms with van der Waals surface area (Å²) < 4.78 is 23.6. The molecule has 28 heavy (non-hydrogen) atoms. The number of hydrogen-bond acceptors (Lipinski definition) is 5. The van der Waals surface area contributed by atoms with Gasteiger partial charge in [0.2, 0.25) is 0 Å². The Morgan fingerprint density at radius 2 is 2.18 bits per heavy atom. The molecule has 2 N–H and O–H groups in total. The Labute approximate surface area is 165 Å². The summed E-state index contributed by atoms with van der Waals surface area (Å²) in [5.74, 6) is -0.380. The van der Waals surface area contributed by atoms with E-state index in [1.165, 1.54) is 16.5 Å². The minimum atomic E-state index is -0.674. The molecule has 150 valence electrons. The summed E-state index contributed by atoms with van der Waals surface area (Å²) in [4.78, 5) is 3.35. The molecule has 6 heteroatoms. The molecule has 6 atom stereocenters. The van der Waals surface area contributed by atoms with E-state index in [0.717, 1.165) is 31.4 Å². The van der Waals surface area contributed by atoms with Crippen molar-refractivity contribution >= 4 is 10.9 Å². The average molecular weight is 384 g/mol. The van der Waals surface area contributed by atoms with Gasteiger partial charge in [-0.1, -0.05) is 24.8 Å². The zero-order valence-electron chi connectivity index (χ0n) is 16.4. The van der Waals surface area contributed by atoms with Crippen LogP contribution >= 0.6 is 0 Å². The first-order chi connectivity index (χ1) is 13.6. The molecule has 0 unspecified atom stereocenters. The van der Waals surface area contributed by atoms with Crippen LogP contribution in [0.4, 0.5) is 0 Å². The lowest BCUT2D eigenvalue weighted by atomic mass is 9.66. The molecular weight excluding hydrogens is 356 g/mol. The first-order valence-electron chi connectivity index (χ1n) is 10.0. The number of aromatic amines is 1. The Morgan fingerprint density at radius 1 is 1.32 bits per heavy atom. The summed E-state index contributed by atoms with van der Waals surface area (Å²) in [5.41, 5.74) is 3.54. The highest BCUT2D eigenvalue weighted by Crippen LogP contribution is 2.56. The highest BCUT2D eigenvalue weighted by atomic mass is 16.8. The van der Waals surface area contributed by atoms with Gasteiger partial charge in [0.25, 0.3) is 0 Å². The van der Waals surface area contributed by atoms with E-state index in [0.29, 0.717) is 6.04 Å². The maximum Gasteiger partial charge on any atom is 0.186 e. The van der Waals surface area contributed by atoms with Crippen molar-refractivity contribution < 1.29 is 18.9 Å². The second-order valence-corrected chi connectivity index (χ2v) is 8.11. The van der Waals surface area contributed by atoms with Crippen LogP contribution in [0.2, 0.25) is 0 Å². The third-order valence-electron chi connectivity index (χ3n) is 6.73. The molecule has 1 aromatic heterocycles. The Bertz CT molecular complexity index is 880. The number of rotatable bonds is 6. The smallest absolute Gasteiger partial charge is 0.186 e. The summed E-state index contributed by atoms with van der Waals surface area (Å²) >= 11 is 0.